The van der Waals surface area contributed by atoms with Crippen molar-refractivity contribution in [3.63, 3.8) is 0 Å². The monoisotopic (exact) mass is 460 g/mol. The zero-order valence-electron chi connectivity index (χ0n) is 17.0. The minimum Gasteiger partial charge on any atom is -0.493 e. The van der Waals surface area contributed by atoms with Gasteiger partial charge in [0.2, 0.25) is 0 Å². The summed E-state index contributed by atoms with van der Waals surface area (Å²) in [4.78, 5) is 38.7. The number of hydrogen-bond acceptors (Lipinski definition) is 4. The molecule has 4 amide bonds. The summed E-state index contributed by atoms with van der Waals surface area (Å²) in [6.07, 6.45) is 5.58. The Labute approximate surface area is 190 Å². The quantitative estimate of drug-likeness (QED) is 0.315. The second-order valence-corrected chi connectivity index (χ2v) is 7.90. The fourth-order valence-corrected chi connectivity index (χ4v) is 3.50. The summed E-state index contributed by atoms with van der Waals surface area (Å²) in [7, 11) is 0. The summed E-state index contributed by atoms with van der Waals surface area (Å²) in [6.45, 7) is 2.64. The summed E-state index contributed by atoms with van der Waals surface area (Å²) < 4.78 is 5.85. The lowest BCUT2D eigenvalue weighted by atomic mass is 10.1. The highest BCUT2D eigenvalue weighted by Gasteiger charge is 2.37. The molecule has 1 aliphatic rings. The van der Waals surface area contributed by atoms with Gasteiger partial charge in [0.25, 0.3) is 11.8 Å². The average molecular weight is 461 g/mol. The summed E-state index contributed by atoms with van der Waals surface area (Å²) in [5, 5.41) is 2.97. The predicted octanol–water partition coefficient (Wildman–Crippen LogP) is 5.62. The molecular weight excluding hydrogens is 439 g/mol. The Balaban J connectivity index is 1.90. The highest BCUT2D eigenvalue weighted by atomic mass is 35.5. The van der Waals surface area contributed by atoms with Crippen LogP contribution in [0.2, 0.25) is 10.0 Å². The van der Waals surface area contributed by atoms with Crippen molar-refractivity contribution in [2.75, 3.05) is 11.5 Å². The van der Waals surface area contributed by atoms with Crippen LogP contribution in [-0.2, 0) is 9.59 Å². The van der Waals surface area contributed by atoms with E-state index in [1.54, 1.807) is 36.4 Å². The summed E-state index contributed by atoms with van der Waals surface area (Å²) in [6, 6.07) is 10.4. The lowest BCUT2D eigenvalue weighted by Crippen LogP contribution is -2.54. The van der Waals surface area contributed by atoms with Crippen molar-refractivity contribution < 1.29 is 19.1 Å². The topological polar surface area (TPSA) is 75.7 Å². The van der Waals surface area contributed by atoms with E-state index in [1.807, 2.05) is 0 Å². The summed E-state index contributed by atoms with van der Waals surface area (Å²) >= 11 is 12.1. The molecule has 0 radical (unpaired) electrons. The average Bonchev–Trinajstić information content (AvgIpc) is 2.72. The van der Waals surface area contributed by atoms with Gasteiger partial charge in [0.05, 0.1) is 12.3 Å². The Kier molecular flexibility index (Phi) is 7.71. The van der Waals surface area contributed by atoms with E-state index in [9.17, 15) is 14.4 Å². The number of nitrogens with zero attached hydrogens (tertiary/aromatic N) is 1. The third-order valence-corrected chi connectivity index (χ3v) is 5.17. The maximum absolute atomic E-state index is 13.1. The van der Waals surface area contributed by atoms with E-state index in [0.29, 0.717) is 28.0 Å². The lowest BCUT2D eigenvalue weighted by molar-refractivity contribution is -0.122. The maximum Gasteiger partial charge on any atom is 0.335 e. The zero-order chi connectivity index (χ0) is 22.4. The highest BCUT2D eigenvalue weighted by Crippen LogP contribution is 2.29. The molecule has 8 heteroatoms. The van der Waals surface area contributed by atoms with Crippen molar-refractivity contribution in [1.29, 1.82) is 0 Å². The predicted molar refractivity (Wildman–Crippen MR) is 122 cm³/mol. The molecule has 1 aliphatic heterocycles. The fraction of sp³-hybridized carbons (Fsp3) is 0.261. The van der Waals surface area contributed by atoms with Gasteiger partial charge in [-0.05, 0) is 48.9 Å². The van der Waals surface area contributed by atoms with Crippen LogP contribution in [0.4, 0.5) is 10.5 Å². The largest absolute Gasteiger partial charge is 0.493 e. The van der Waals surface area contributed by atoms with Crippen molar-refractivity contribution in [2.24, 2.45) is 0 Å². The standard InChI is InChI=1S/C23H22Cl2N2O4/c1-2-3-4-5-11-31-20-10-9-17(25)12-15(20)13-19-21(28)26-23(30)27(22(19)29)18-8-6-7-16(24)14-18/h6-10,12-14H,2-5,11H2,1H3,(H,26,28,30). The van der Waals surface area contributed by atoms with Gasteiger partial charge < -0.3 is 4.74 Å². The van der Waals surface area contributed by atoms with Crippen LogP contribution in [-0.4, -0.2) is 24.5 Å². The molecule has 0 unspecified atom stereocenters. The summed E-state index contributed by atoms with van der Waals surface area (Å²) in [5.41, 5.74) is 0.520. The van der Waals surface area contributed by atoms with Crippen LogP contribution >= 0.6 is 23.2 Å². The van der Waals surface area contributed by atoms with Gasteiger partial charge in [-0.1, -0.05) is 55.5 Å². The molecule has 1 saturated heterocycles. The number of urea groups is 1. The molecule has 2 aromatic rings. The number of amides is 4. The van der Waals surface area contributed by atoms with Gasteiger partial charge in [-0.2, -0.15) is 0 Å². The van der Waals surface area contributed by atoms with E-state index in [0.717, 1.165) is 30.6 Å². The molecule has 0 saturated carbocycles. The molecule has 1 heterocycles. The van der Waals surface area contributed by atoms with E-state index in [1.165, 1.54) is 12.1 Å². The number of halogens is 2. The number of carbonyl (C=O) groups is 3. The Morgan fingerprint density at radius 3 is 2.52 bits per heavy atom. The molecule has 31 heavy (non-hydrogen) atoms. The van der Waals surface area contributed by atoms with E-state index < -0.39 is 17.8 Å². The number of hydrogen-bond donors (Lipinski definition) is 1. The molecule has 6 nitrogen and oxygen atoms in total. The Morgan fingerprint density at radius 2 is 1.77 bits per heavy atom. The van der Waals surface area contributed by atoms with Gasteiger partial charge in [-0.3, -0.25) is 14.9 Å². The number of benzene rings is 2. The molecule has 0 aliphatic carbocycles. The number of anilines is 1. The number of unbranched alkanes of at least 4 members (excludes halogenated alkanes) is 3. The van der Waals surface area contributed by atoms with Gasteiger partial charge in [0.15, 0.2) is 0 Å². The zero-order valence-corrected chi connectivity index (χ0v) is 18.5. The molecule has 0 atom stereocenters. The fourth-order valence-electron chi connectivity index (χ4n) is 3.14. The van der Waals surface area contributed by atoms with E-state index in [2.05, 4.69) is 12.2 Å². The van der Waals surface area contributed by atoms with Gasteiger partial charge in [0.1, 0.15) is 11.3 Å². The van der Waals surface area contributed by atoms with Crippen molar-refractivity contribution >= 4 is 52.8 Å². The van der Waals surface area contributed by atoms with Crippen LogP contribution in [0.1, 0.15) is 38.2 Å². The Bertz CT molecular complexity index is 1040. The first-order chi connectivity index (χ1) is 14.9. The maximum atomic E-state index is 13.1. The molecule has 0 bridgehead atoms. The van der Waals surface area contributed by atoms with Crippen LogP contribution in [0, 0.1) is 0 Å². The van der Waals surface area contributed by atoms with Gasteiger partial charge >= 0.3 is 6.03 Å². The number of nitrogens with one attached hydrogen (secondary N) is 1. The second kappa shape index (κ2) is 10.5. The highest BCUT2D eigenvalue weighted by molar-refractivity contribution is 6.39. The molecule has 0 aromatic heterocycles. The van der Waals surface area contributed by atoms with E-state index in [4.69, 9.17) is 27.9 Å². The van der Waals surface area contributed by atoms with Gasteiger partial charge in [-0.15, -0.1) is 0 Å². The van der Waals surface area contributed by atoms with Crippen LogP contribution in [0.25, 0.3) is 6.08 Å². The number of carbonyl (C=O) groups excluding carboxylic acids is 3. The number of ether oxygens (including phenoxy) is 1. The normalized spacial score (nSPS) is 15.4. The Hall–Kier alpha value is -2.83. The van der Waals surface area contributed by atoms with Gasteiger partial charge in [0, 0.05) is 15.6 Å². The Morgan fingerprint density at radius 1 is 1.00 bits per heavy atom. The molecule has 162 valence electrons. The number of barbiturate groups is 1. The van der Waals surface area contributed by atoms with E-state index in [-0.39, 0.29) is 11.3 Å². The third-order valence-electron chi connectivity index (χ3n) is 4.70. The first kappa shape index (κ1) is 22.8. The second-order valence-electron chi connectivity index (χ2n) is 7.03. The number of imide groups is 2. The van der Waals surface area contributed by atoms with Crippen LogP contribution < -0.4 is 15.0 Å². The molecule has 0 spiro atoms. The van der Waals surface area contributed by atoms with Crippen molar-refractivity contribution in [3.8, 4) is 5.75 Å². The molecule has 3 rings (SSSR count). The van der Waals surface area contributed by atoms with Crippen LogP contribution in [0.5, 0.6) is 5.75 Å². The smallest absolute Gasteiger partial charge is 0.335 e. The molecule has 1 fully saturated rings. The van der Waals surface area contributed by atoms with Crippen LogP contribution in [0.3, 0.4) is 0 Å². The first-order valence-corrected chi connectivity index (χ1v) is 10.8. The third kappa shape index (κ3) is 5.66. The van der Waals surface area contributed by atoms with Gasteiger partial charge in [-0.25, -0.2) is 9.69 Å². The SMILES string of the molecule is CCCCCCOc1ccc(Cl)cc1C=C1C(=O)NC(=O)N(c2cccc(Cl)c2)C1=O. The molecule has 1 N–H and O–H groups in total. The lowest BCUT2D eigenvalue weighted by Gasteiger charge is -2.26. The number of rotatable bonds is 8. The van der Waals surface area contributed by atoms with Crippen molar-refractivity contribution in [1.82, 2.24) is 5.32 Å². The van der Waals surface area contributed by atoms with Crippen molar-refractivity contribution in [2.45, 2.75) is 32.6 Å². The minimum atomic E-state index is -0.840. The minimum absolute atomic E-state index is 0.210. The molecule has 2 aromatic carbocycles. The first-order valence-electron chi connectivity index (χ1n) is 10.00. The van der Waals surface area contributed by atoms with E-state index >= 15 is 0 Å². The summed E-state index contributed by atoms with van der Waals surface area (Å²) in [5.74, 6) is -1.05. The van der Waals surface area contributed by atoms with Crippen LogP contribution in [0.15, 0.2) is 48.0 Å². The van der Waals surface area contributed by atoms with Crippen molar-refractivity contribution in [3.05, 3.63) is 63.6 Å². The molecular formula is C23H22Cl2N2O4.